The van der Waals surface area contributed by atoms with Crippen LogP contribution in [0.2, 0.25) is 0 Å². The number of benzene rings is 1. The van der Waals surface area contributed by atoms with E-state index in [0.717, 1.165) is 0 Å². The minimum absolute atomic E-state index is 0. The van der Waals surface area contributed by atoms with Crippen molar-refractivity contribution in [3.05, 3.63) is 58.7 Å². The molecule has 0 saturated heterocycles. The smallest absolute Gasteiger partial charge is 0.744 e. The maximum Gasteiger partial charge on any atom is 1.00 e. The number of rotatable bonds is 4. The average molecular weight is 272 g/mol. The van der Waals surface area contributed by atoms with Crippen LogP contribution in [0.3, 0.4) is 0 Å². The van der Waals surface area contributed by atoms with Gasteiger partial charge >= 0.3 is 29.6 Å². The van der Waals surface area contributed by atoms with E-state index >= 15 is 0 Å². The SMILES string of the molecule is CC=C=CCC(=Cc1ccccc1)S(=O)(=O)[O-].[Na+]. The molecule has 0 aliphatic carbocycles. The van der Waals surface area contributed by atoms with Crippen LogP contribution in [-0.2, 0) is 10.1 Å². The van der Waals surface area contributed by atoms with Crippen molar-refractivity contribution in [2.75, 3.05) is 0 Å². The van der Waals surface area contributed by atoms with E-state index in [1.54, 1.807) is 37.3 Å². The van der Waals surface area contributed by atoms with Gasteiger partial charge in [-0.05, 0) is 30.7 Å². The summed E-state index contributed by atoms with van der Waals surface area (Å²) in [4.78, 5) is -0.155. The summed E-state index contributed by atoms with van der Waals surface area (Å²) in [5.74, 6) is 0. The van der Waals surface area contributed by atoms with Crippen molar-refractivity contribution < 1.29 is 42.5 Å². The third-order valence-electron chi connectivity index (χ3n) is 2.04. The molecule has 1 rings (SSSR count). The van der Waals surface area contributed by atoms with Crippen LogP contribution in [0, 0.1) is 0 Å². The standard InChI is InChI=1S/C13H14O3S.Na/c1-2-3-5-10-13(17(14,15)16)11-12-8-6-4-7-9-12;/h2,4-9,11H,10H2,1H3,(H,14,15,16);/q;+1/p-1. The first-order chi connectivity index (χ1) is 8.04. The Balaban J connectivity index is 0.00000289. The molecule has 0 amide bonds. The molecule has 0 heterocycles. The van der Waals surface area contributed by atoms with Gasteiger partial charge < -0.3 is 4.55 Å². The predicted octanol–water partition coefficient (Wildman–Crippen LogP) is -0.302. The first-order valence-electron chi connectivity index (χ1n) is 5.11. The summed E-state index contributed by atoms with van der Waals surface area (Å²) in [7, 11) is -4.42. The number of allylic oxidation sites excluding steroid dienone is 2. The van der Waals surface area contributed by atoms with Gasteiger partial charge in [-0.3, -0.25) is 0 Å². The Kier molecular flexibility index (Phi) is 8.20. The summed E-state index contributed by atoms with van der Waals surface area (Å²) < 4.78 is 33.1. The van der Waals surface area contributed by atoms with Crippen molar-refractivity contribution in [2.45, 2.75) is 13.3 Å². The molecule has 0 radical (unpaired) electrons. The first-order valence-corrected chi connectivity index (χ1v) is 6.52. The van der Waals surface area contributed by atoms with Gasteiger partial charge in [-0.15, -0.1) is 5.73 Å². The second kappa shape index (κ2) is 8.48. The first kappa shape index (κ1) is 17.4. The van der Waals surface area contributed by atoms with Crippen molar-refractivity contribution in [1.29, 1.82) is 0 Å². The molecule has 90 valence electrons. The van der Waals surface area contributed by atoms with Crippen LogP contribution in [-0.4, -0.2) is 13.0 Å². The predicted molar refractivity (Wildman–Crippen MR) is 67.1 cm³/mol. The molecule has 0 atom stereocenters. The van der Waals surface area contributed by atoms with Gasteiger partial charge in [0.1, 0.15) is 10.1 Å². The molecule has 0 aliphatic rings. The van der Waals surface area contributed by atoms with E-state index < -0.39 is 10.1 Å². The third kappa shape index (κ3) is 6.36. The van der Waals surface area contributed by atoms with E-state index in [1.807, 2.05) is 6.07 Å². The van der Waals surface area contributed by atoms with E-state index in [2.05, 4.69) is 5.73 Å². The fourth-order valence-electron chi connectivity index (χ4n) is 1.25. The third-order valence-corrected chi connectivity index (χ3v) is 2.96. The summed E-state index contributed by atoms with van der Waals surface area (Å²) in [6, 6.07) is 8.86. The Morgan fingerprint density at radius 2 is 1.94 bits per heavy atom. The van der Waals surface area contributed by atoms with Crippen LogP contribution >= 0.6 is 0 Å². The minimum Gasteiger partial charge on any atom is -0.744 e. The van der Waals surface area contributed by atoms with Gasteiger partial charge in [0.25, 0.3) is 0 Å². The molecular weight excluding hydrogens is 259 g/mol. The summed E-state index contributed by atoms with van der Waals surface area (Å²) in [6.07, 6.45) is 4.61. The molecule has 1 aromatic carbocycles. The Morgan fingerprint density at radius 3 is 2.44 bits per heavy atom. The Morgan fingerprint density at radius 1 is 1.33 bits per heavy atom. The summed E-state index contributed by atoms with van der Waals surface area (Å²) >= 11 is 0. The van der Waals surface area contributed by atoms with Crippen molar-refractivity contribution in [1.82, 2.24) is 0 Å². The zero-order valence-corrected chi connectivity index (χ0v) is 13.3. The van der Waals surface area contributed by atoms with Crippen LogP contribution in [0.5, 0.6) is 0 Å². The molecule has 1 aromatic rings. The Hall–Kier alpha value is -0.610. The van der Waals surface area contributed by atoms with Gasteiger partial charge in [-0.1, -0.05) is 30.3 Å². The van der Waals surface area contributed by atoms with Crippen molar-refractivity contribution in [3.63, 3.8) is 0 Å². The van der Waals surface area contributed by atoms with Crippen molar-refractivity contribution >= 4 is 16.2 Å². The van der Waals surface area contributed by atoms with E-state index in [0.29, 0.717) is 5.56 Å². The van der Waals surface area contributed by atoms with E-state index in [1.165, 1.54) is 12.2 Å². The van der Waals surface area contributed by atoms with Crippen LogP contribution in [0.15, 0.2) is 53.1 Å². The van der Waals surface area contributed by atoms with Crippen LogP contribution < -0.4 is 29.6 Å². The zero-order valence-electron chi connectivity index (χ0n) is 10.5. The molecule has 3 nitrogen and oxygen atoms in total. The molecule has 0 bridgehead atoms. The second-order valence-electron chi connectivity index (χ2n) is 3.34. The largest absolute Gasteiger partial charge is 1.00 e. The molecular formula is C13H13NaO3S. The van der Waals surface area contributed by atoms with Crippen LogP contribution in [0.1, 0.15) is 18.9 Å². The molecule has 0 saturated carbocycles. The molecule has 0 unspecified atom stereocenters. The molecule has 0 spiro atoms. The molecule has 0 aliphatic heterocycles. The molecule has 18 heavy (non-hydrogen) atoms. The quantitative estimate of drug-likeness (QED) is 0.429. The van der Waals surface area contributed by atoms with Crippen molar-refractivity contribution in [2.24, 2.45) is 0 Å². The van der Waals surface area contributed by atoms with E-state index in [-0.39, 0.29) is 40.9 Å². The number of hydrogen-bond donors (Lipinski definition) is 0. The number of hydrogen-bond acceptors (Lipinski definition) is 3. The topological polar surface area (TPSA) is 57.2 Å². The van der Waals surface area contributed by atoms with Gasteiger partial charge in [0.2, 0.25) is 0 Å². The summed E-state index contributed by atoms with van der Waals surface area (Å²) in [6.45, 7) is 1.77. The second-order valence-corrected chi connectivity index (χ2v) is 4.77. The van der Waals surface area contributed by atoms with Gasteiger partial charge in [-0.25, -0.2) is 8.42 Å². The minimum atomic E-state index is -4.42. The van der Waals surface area contributed by atoms with Crippen LogP contribution in [0.25, 0.3) is 6.08 Å². The van der Waals surface area contributed by atoms with Gasteiger partial charge in [0, 0.05) is 11.3 Å². The van der Waals surface area contributed by atoms with Gasteiger partial charge in [0.15, 0.2) is 0 Å². The Labute approximate surface area is 130 Å². The maximum atomic E-state index is 11.0. The normalized spacial score (nSPS) is 11.1. The van der Waals surface area contributed by atoms with E-state index in [9.17, 15) is 13.0 Å². The molecule has 0 fully saturated rings. The van der Waals surface area contributed by atoms with Crippen LogP contribution in [0.4, 0.5) is 0 Å². The van der Waals surface area contributed by atoms with Crippen molar-refractivity contribution in [3.8, 4) is 0 Å². The fraction of sp³-hybridized carbons (Fsp3) is 0.154. The zero-order chi connectivity index (χ0) is 12.7. The molecule has 0 aromatic heterocycles. The van der Waals surface area contributed by atoms with Gasteiger partial charge in [-0.2, -0.15) is 0 Å². The molecule has 5 heteroatoms. The Bertz CT molecular complexity index is 553. The molecule has 0 N–H and O–H groups in total. The summed E-state index contributed by atoms with van der Waals surface area (Å²) in [5, 5.41) is 0. The van der Waals surface area contributed by atoms with E-state index in [4.69, 9.17) is 0 Å². The maximum absolute atomic E-state index is 11.0. The summed E-state index contributed by atoms with van der Waals surface area (Å²) in [5.41, 5.74) is 3.43. The fourth-order valence-corrected chi connectivity index (χ4v) is 1.81. The average Bonchev–Trinajstić information content (AvgIpc) is 2.28. The van der Waals surface area contributed by atoms with Gasteiger partial charge in [0.05, 0.1) is 0 Å². The monoisotopic (exact) mass is 272 g/mol.